The highest BCUT2D eigenvalue weighted by atomic mass is 16.1. The molecule has 0 fully saturated rings. The Hall–Kier alpha value is -4.27. The van der Waals surface area contributed by atoms with Crippen molar-refractivity contribution in [1.82, 2.24) is 29.7 Å². The third-order valence-electron chi connectivity index (χ3n) is 5.39. The molecule has 31 heavy (non-hydrogen) atoms. The minimum Gasteiger partial charge on any atom is -0.382 e. The lowest BCUT2D eigenvalue weighted by Gasteiger charge is -2.11. The maximum atomic E-state index is 12.6. The number of benzene rings is 1. The van der Waals surface area contributed by atoms with Gasteiger partial charge in [-0.05, 0) is 49.6 Å². The van der Waals surface area contributed by atoms with Gasteiger partial charge in [-0.15, -0.1) is 0 Å². The van der Waals surface area contributed by atoms with Crippen molar-refractivity contribution in [3.05, 3.63) is 64.5 Å². The van der Waals surface area contributed by atoms with Crippen LogP contribution < -0.4 is 16.6 Å². The van der Waals surface area contributed by atoms with Crippen molar-refractivity contribution < 1.29 is 0 Å². The predicted octanol–water partition coefficient (Wildman–Crippen LogP) is 3.21. The fourth-order valence-electron chi connectivity index (χ4n) is 3.60. The molecule has 5 aromatic rings. The summed E-state index contributed by atoms with van der Waals surface area (Å²) in [5, 5.41) is 10.1. The molecule has 4 N–H and O–H groups in total. The van der Waals surface area contributed by atoms with Gasteiger partial charge in [0.15, 0.2) is 0 Å². The zero-order chi connectivity index (χ0) is 21.7. The Labute approximate surface area is 177 Å². The van der Waals surface area contributed by atoms with Crippen LogP contribution in [0, 0.1) is 13.8 Å². The molecule has 4 heterocycles. The van der Waals surface area contributed by atoms with E-state index in [1.54, 1.807) is 19.3 Å². The first-order valence-corrected chi connectivity index (χ1v) is 9.73. The number of nitrogen functional groups attached to an aromatic ring is 1. The highest BCUT2D eigenvalue weighted by Gasteiger charge is 2.14. The molecule has 0 saturated carbocycles. The number of nitrogens with two attached hydrogens (primary N) is 1. The molecule has 5 rings (SSSR count). The SMILES string of the molecule is Cc1nc(-c2cc3cc[nH]c(=O)c3c(Nc3ccc4c(C)n(C)nc4c3)n2)cnc1N. The second kappa shape index (κ2) is 6.91. The summed E-state index contributed by atoms with van der Waals surface area (Å²) in [6.07, 6.45) is 3.19. The number of fused-ring (bicyclic) bond motifs is 2. The van der Waals surface area contributed by atoms with Gasteiger partial charge in [-0.1, -0.05) is 0 Å². The van der Waals surface area contributed by atoms with Gasteiger partial charge in [-0.3, -0.25) is 9.48 Å². The molecule has 9 heteroatoms. The Morgan fingerprint density at radius 3 is 2.74 bits per heavy atom. The molecule has 0 radical (unpaired) electrons. The molecule has 0 bridgehead atoms. The maximum absolute atomic E-state index is 12.6. The zero-order valence-electron chi connectivity index (χ0n) is 17.3. The monoisotopic (exact) mass is 412 g/mol. The smallest absolute Gasteiger partial charge is 0.259 e. The van der Waals surface area contributed by atoms with E-state index < -0.39 is 0 Å². The minimum absolute atomic E-state index is 0.228. The predicted molar refractivity (Wildman–Crippen MR) is 121 cm³/mol. The summed E-state index contributed by atoms with van der Waals surface area (Å²) in [6, 6.07) is 9.54. The first kappa shape index (κ1) is 18.7. The molecule has 0 aliphatic rings. The van der Waals surface area contributed by atoms with Crippen LogP contribution in [0.25, 0.3) is 33.1 Å². The quantitative estimate of drug-likeness (QED) is 0.415. The molecule has 0 unspecified atom stereocenters. The van der Waals surface area contributed by atoms with Crippen molar-refractivity contribution in [2.24, 2.45) is 7.05 Å². The fourth-order valence-corrected chi connectivity index (χ4v) is 3.60. The topological polar surface area (TPSA) is 127 Å². The van der Waals surface area contributed by atoms with E-state index in [0.29, 0.717) is 34.1 Å². The molecule has 0 aliphatic carbocycles. The van der Waals surface area contributed by atoms with Crippen molar-refractivity contribution in [2.75, 3.05) is 11.1 Å². The standard InChI is InChI=1S/C22H20N8O/c1-11-20(23)25-10-18(26-11)17-8-13-6-7-24-22(31)19(13)21(28-17)27-14-4-5-15-12(2)30(3)29-16(15)9-14/h4-10H,1-3H3,(H2,23,25)(H,24,31)(H,27,28). The van der Waals surface area contributed by atoms with Crippen molar-refractivity contribution in [3.8, 4) is 11.4 Å². The summed E-state index contributed by atoms with van der Waals surface area (Å²) in [5.41, 5.74) is 10.1. The second-order valence-corrected chi connectivity index (χ2v) is 7.42. The van der Waals surface area contributed by atoms with Gasteiger partial charge in [0.2, 0.25) is 0 Å². The molecule has 4 aromatic heterocycles. The Morgan fingerprint density at radius 1 is 1.10 bits per heavy atom. The fraction of sp³-hybridized carbons (Fsp3) is 0.136. The third kappa shape index (κ3) is 3.16. The molecular weight excluding hydrogens is 392 g/mol. The van der Waals surface area contributed by atoms with E-state index in [1.807, 2.05) is 49.0 Å². The first-order valence-electron chi connectivity index (χ1n) is 9.73. The summed E-state index contributed by atoms with van der Waals surface area (Å²) in [6.45, 7) is 3.82. The van der Waals surface area contributed by atoms with E-state index in [-0.39, 0.29) is 5.56 Å². The summed E-state index contributed by atoms with van der Waals surface area (Å²) in [4.78, 5) is 28.7. The second-order valence-electron chi connectivity index (χ2n) is 7.42. The summed E-state index contributed by atoms with van der Waals surface area (Å²) < 4.78 is 1.84. The van der Waals surface area contributed by atoms with Gasteiger partial charge < -0.3 is 16.0 Å². The largest absolute Gasteiger partial charge is 0.382 e. The number of nitrogens with zero attached hydrogens (tertiary/aromatic N) is 5. The normalized spacial score (nSPS) is 11.3. The number of H-pyrrole nitrogens is 1. The molecule has 0 amide bonds. The number of nitrogens with one attached hydrogen (secondary N) is 2. The Balaban J connectivity index is 1.67. The lowest BCUT2D eigenvalue weighted by molar-refractivity contribution is 0.751. The van der Waals surface area contributed by atoms with Gasteiger partial charge in [0.05, 0.1) is 28.5 Å². The number of anilines is 3. The van der Waals surface area contributed by atoms with Crippen LogP contribution in [0.5, 0.6) is 0 Å². The molecule has 9 nitrogen and oxygen atoms in total. The van der Waals surface area contributed by atoms with Crippen molar-refractivity contribution >= 4 is 39.0 Å². The van der Waals surface area contributed by atoms with Gasteiger partial charge >= 0.3 is 0 Å². The molecular formula is C22H20N8O. The van der Waals surface area contributed by atoms with E-state index in [4.69, 9.17) is 10.7 Å². The molecule has 1 aromatic carbocycles. The molecule has 0 aliphatic heterocycles. The lowest BCUT2D eigenvalue weighted by Crippen LogP contribution is -2.09. The average Bonchev–Trinajstić information content (AvgIpc) is 3.03. The number of hydrogen-bond donors (Lipinski definition) is 3. The van der Waals surface area contributed by atoms with Crippen LogP contribution in [0.3, 0.4) is 0 Å². The van der Waals surface area contributed by atoms with E-state index >= 15 is 0 Å². The van der Waals surface area contributed by atoms with Crippen molar-refractivity contribution in [3.63, 3.8) is 0 Å². The average molecular weight is 412 g/mol. The van der Waals surface area contributed by atoms with Gasteiger partial charge in [0, 0.05) is 30.0 Å². The first-order chi connectivity index (χ1) is 14.9. The van der Waals surface area contributed by atoms with Gasteiger partial charge in [-0.25, -0.2) is 15.0 Å². The number of aryl methyl sites for hydroxylation is 3. The van der Waals surface area contributed by atoms with Crippen molar-refractivity contribution in [1.29, 1.82) is 0 Å². The van der Waals surface area contributed by atoms with E-state index in [0.717, 1.165) is 27.7 Å². The number of aromatic amines is 1. The Morgan fingerprint density at radius 2 is 1.94 bits per heavy atom. The highest BCUT2D eigenvalue weighted by molar-refractivity contribution is 5.95. The summed E-state index contributed by atoms with van der Waals surface area (Å²) in [7, 11) is 1.91. The van der Waals surface area contributed by atoms with Gasteiger partial charge in [-0.2, -0.15) is 5.10 Å². The van der Waals surface area contributed by atoms with Crippen LogP contribution in [-0.4, -0.2) is 29.7 Å². The van der Waals surface area contributed by atoms with E-state index in [2.05, 4.69) is 25.4 Å². The lowest BCUT2D eigenvalue weighted by atomic mass is 10.1. The molecule has 0 atom stereocenters. The Bertz CT molecular complexity index is 1530. The van der Waals surface area contributed by atoms with E-state index in [9.17, 15) is 4.79 Å². The summed E-state index contributed by atoms with van der Waals surface area (Å²) >= 11 is 0. The van der Waals surface area contributed by atoms with E-state index in [1.165, 1.54) is 0 Å². The molecule has 0 saturated heterocycles. The minimum atomic E-state index is -0.228. The van der Waals surface area contributed by atoms with Crippen LogP contribution >= 0.6 is 0 Å². The molecule has 0 spiro atoms. The van der Waals surface area contributed by atoms with Gasteiger partial charge in [0.25, 0.3) is 5.56 Å². The zero-order valence-corrected chi connectivity index (χ0v) is 17.3. The Kier molecular flexibility index (Phi) is 4.18. The van der Waals surface area contributed by atoms with Crippen LogP contribution in [0.4, 0.5) is 17.3 Å². The van der Waals surface area contributed by atoms with Gasteiger partial charge in [0.1, 0.15) is 17.3 Å². The number of pyridine rings is 2. The van der Waals surface area contributed by atoms with Crippen LogP contribution in [0.15, 0.2) is 47.5 Å². The maximum Gasteiger partial charge on any atom is 0.259 e. The van der Waals surface area contributed by atoms with Crippen LogP contribution in [0.2, 0.25) is 0 Å². The third-order valence-corrected chi connectivity index (χ3v) is 5.39. The summed E-state index contributed by atoms with van der Waals surface area (Å²) in [5.74, 6) is 0.802. The van der Waals surface area contributed by atoms with Crippen LogP contribution in [-0.2, 0) is 7.05 Å². The molecule has 154 valence electrons. The van der Waals surface area contributed by atoms with Crippen molar-refractivity contribution in [2.45, 2.75) is 13.8 Å². The van der Waals surface area contributed by atoms with Crippen LogP contribution in [0.1, 0.15) is 11.4 Å². The number of rotatable bonds is 3. The number of aromatic nitrogens is 6. The number of hydrogen-bond acceptors (Lipinski definition) is 7. The highest BCUT2D eigenvalue weighted by Crippen LogP contribution is 2.29.